The first kappa shape index (κ1) is 26.5. The minimum atomic E-state index is -0.359. The number of benzene rings is 5. The molecule has 0 saturated heterocycles. The van der Waals surface area contributed by atoms with E-state index in [1.54, 1.807) is 0 Å². The molecule has 4 heterocycles. The molecule has 6 heteroatoms. The minimum Gasteiger partial charge on any atom is -0.456 e. The SMILES string of the molecule is Cn1c(-c2cccc(Oc3cc4c(c5oc6ccccc6c35)C(C)(C)c3ccccc3N4c3ccccn3)c2)nc2ccccc21. The van der Waals surface area contributed by atoms with Crippen LogP contribution in [-0.4, -0.2) is 14.5 Å². The summed E-state index contributed by atoms with van der Waals surface area (Å²) in [6.45, 7) is 4.54. The summed E-state index contributed by atoms with van der Waals surface area (Å²) in [5.41, 5.74) is 8.69. The third-order valence-corrected chi connectivity index (χ3v) is 9.26. The molecule has 5 aromatic carbocycles. The highest BCUT2D eigenvalue weighted by molar-refractivity contribution is 6.12. The van der Waals surface area contributed by atoms with Gasteiger partial charge in [0.1, 0.15) is 34.3 Å². The van der Waals surface area contributed by atoms with Crippen LogP contribution in [0.2, 0.25) is 0 Å². The van der Waals surface area contributed by atoms with Gasteiger partial charge in [0, 0.05) is 41.2 Å². The second-order valence-electron chi connectivity index (χ2n) is 12.3. The number of hydrogen-bond acceptors (Lipinski definition) is 5. The van der Waals surface area contributed by atoms with E-state index in [2.05, 4.69) is 85.0 Å². The van der Waals surface area contributed by atoms with Gasteiger partial charge in [0.25, 0.3) is 0 Å². The Bertz CT molecular complexity index is 2460. The molecule has 0 spiro atoms. The van der Waals surface area contributed by atoms with Crippen molar-refractivity contribution >= 4 is 50.2 Å². The summed E-state index contributed by atoms with van der Waals surface area (Å²) in [5, 5.41) is 1.97. The molecule has 0 unspecified atom stereocenters. The van der Waals surface area contributed by atoms with Crippen LogP contribution in [0.3, 0.4) is 0 Å². The number of aromatic nitrogens is 3. The van der Waals surface area contributed by atoms with Gasteiger partial charge in [0.2, 0.25) is 0 Å². The molecule has 6 nitrogen and oxygen atoms in total. The van der Waals surface area contributed by atoms with E-state index in [4.69, 9.17) is 19.1 Å². The van der Waals surface area contributed by atoms with E-state index in [1.165, 1.54) is 5.56 Å². The smallest absolute Gasteiger partial charge is 0.145 e. The summed E-state index contributed by atoms with van der Waals surface area (Å²) in [6.07, 6.45) is 1.83. The number of fused-ring (bicyclic) bond motifs is 7. The van der Waals surface area contributed by atoms with Crippen molar-refractivity contribution in [2.45, 2.75) is 19.3 Å². The highest BCUT2D eigenvalue weighted by Gasteiger charge is 2.41. The van der Waals surface area contributed by atoms with E-state index >= 15 is 0 Å². The van der Waals surface area contributed by atoms with Gasteiger partial charge in [-0.05, 0) is 54.1 Å². The van der Waals surface area contributed by atoms with Crippen LogP contribution in [0.1, 0.15) is 25.0 Å². The molecule has 1 aliphatic rings. The zero-order valence-electron chi connectivity index (χ0n) is 25.7. The first-order valence-corrected chi connectivity index (χ1v) is 15.5. The van der Waals surface area contributed by atoms with E-state index in [-0.39, 0.29) is 5.41 Å². The monoisotopic (exact) mass is 598 g/mol. The number of ether oxygens (including phenoxy) is 1. The topological polar surface area (TPSA) is 56.3 Å². The molecule has 0 fully saturated rings. The van der Waals surface area contributed by atoms with Crippen molar-refractivity contribution in [3.8, 4) is 22.9 Å². The second-order valence-corrected chi connectivity index (χ2v) is 12.3. The molecular formula is C40H30N4O2. The van der Waals surface area contributed by atoms with Gasteiger partial charge < -0.3 is 13.7 Å². The van der Waals surface area contributed by atoms with Crippen LogP contribution < -0.4 is 9.64 Å². The minimum absolute atomic E-state index is 0.359. The number of pyridine rings is 1. The number of rotatable bonds is 4. The van der Waals surface area contributed by atoms with Crippen molar-refractivity contribution in [1.29, 1.82) is 0 Å². The fourth-order valence-corrected chi connectivity index (χ4v) is 7.14. The Morgan fingerprint density at radius 3 is 2.43 bits per heavy atom. The van der Waals surface area contributed by atoms with Crippen LogP contribution in [0.5, 0.6) is 11.5 Å². The third kappa shape index (κ3) is 3.83. The zero-order chi connectivity index (χ0) is 31.0. The van der Waals surface area contributed by atoms with Crippen molar-refractivity contribution in [1.82, 2.24) is 14.5 Å². The summed E-state index contributed by atoms with van der Waals surface area (Å²) >= 11 is 0. The average molecular weight is 599 g/mol. The summed E-state index contributed by atoms with van der Waals surface area (Å²) in [6, 6.07) is 41.3. The Labute approximate surface area is 266 Å². The first-order chi connectivity index (χ1) is 22.5. The lowest BCUT2D eigenvalue weighted by atomic mass is 9.73. The largest absolute Gasteiger partial charge is 0.456 e. The highest BCUT2D eigenvalue weighted by Crippen LogP contribution is 2.56. The molecule has 0 aliphatic carbocycles. The van der Waals surface area contributed by atoms with Crippen LogP contribution in [0.15, 0.2) is 132 Å². The van der Waals surface area contributed by atoms with Crippen LogP contribution >= 0.6 is 0 Å². The van der Waals surface area contributed by atoms with Gasteiger partial charge in [-0.1, -0.05) is 80.6 Å². The maximum atomic E-state index is 6.90. The van der Waals surface area contributed by atoms with Crippen LogP contribution in [-0.2, 0) is 12.5 Å². The van der Waals surface area contributed by atoms with Crippen molar-refractivity contribution < 1.29 is 9.15 Å². The molecule has 0 bridgehead atoms. The molecular weight excluding hydrogens is 568 g/mol. The van der Waals surface area contributed by atoms with Gasteiger partial charge in [-0.3, -0.25) is 4.90 Å². The number of hydrogen-bond donors (Lipinski definition) is 0. The number of furan rings is 1. The Morgan fingerprint density at radius 1 is 0.761 bits per heavy atom. The van der Waals surface area contributed by atoms with Crippen molar-refractivity contribution in [2.75, 3.05) is 4.90 Å². The number of nitrogens with zero attached hydrogens (tertiary/aromatic N) is 4. The van der Waals surface area contributed by atoms with Gasteiger partial charge in [-0.2, -0.15) is 0 Å². The lowest BCUT2D eigenvalue weighted by Gasteiger charge is -2.41. The molecule has 8 aromatic rings. The maximum absolute atomic E-state index is 6.90. The summed E-state index contributed by atoms with van der Waals surface area (Å²) in [4.78, 5) is 12.0. The highest BCUT2D eigenvalue weighted by atomic mass is 16.5. The second kappa shape index (κ2) is 9.81. The van der Waals surface area contributed by atoms with Gasteiger partial charge in [-0.15, -0.1) is 0 Å². The molecule has 46 heavy (non-hydrogen) atoms. The van der Waals surface area contributed by atoms with E-state index in [1.807, 2.05) is 72.9 Å². The Hall–Kier alpha value is -5.88. The van der Waals surface area contributed by atoms with Crippen LogP contribution in [0, 0.1) is 0 Å². The zero-order valence-corrected chi connectivity index (χ0v) is 25.7. The quantitative estimate of drug-likeness (QED) is 0.202. The van der Waals surface area contributed by atoms with Gasteiger partial charge >= 0.3 is 0 Å². The molecule has 0 N–H and O–H groups in total. The van der Waals surface area contributed by atoms with Crippen LogP contribution in [0.25, 0.3) is 44.4 Å². The standard InChI is InChI=1S/C40H30N4O2/c1-40(2)28-16-5-7-18-30(28)44(35-21-10-11-22-41-35)32-24-34(36-27-15-4-9-20-33(27)46-38(36)37(32)40)45-26-14-12-13-25(23-26)39-42-29-17-6-8-19-31(29)43(39)3/h4-24H,1-3H3. The van der Waals surface area contributed by atoms with Gasteiger partial charge in [0.15, 0.2) is 0 Å². The molecule has 1 aliphatic heterocycles. The molecule has 222 valence electrons. The van der Waals surface area contributed by atoms with E-state index < -0.39 is 0 Å². The molecule has 0 amide bonds. The summed E-state index contributed by atoms with van der Waals surface area (Å²) in [5.74, 6) is 3.15. The van der Waals surface area contributed by atoms with E-state index in [0.717, 1.165) is 78.6 Å². The number of imidazole rings is 1. The number of anilines is 3. The van der Waals surface area contributed by atoms with Crippen molar-refractivity contribution in [3.63, 3.8) is 0 Å². The predicted octanol–water partition coefficient (Wildman–Crippen LogP) is 10.4. The lowest BCUT2D eigenvalue weighted by molar-refractivity contribution is 0.487. The van der Waals surface area contributed by atoms with Crippen molar-refractivity contribution in [3.05, 3.63) is 139 Å². The number of para-hydroxylation sites is 4. The third-order valence-electron chi connectivity index (χ3n) is 9.26. The fraction of sp³-hybridized carbons (Fsp3) is 0.100. The van der Waals surface area contributed by atoms with E-state index in [9.17, 15) is 0 Å². The molecule has 0 radical (unpaired) electrons. The fourth-order valence-electron chi connectivity index (χ4n) is 7.14. The van der Waals surface area contributed by atoms with E-state index in [0.29, 0.717) is 0 Å². The van der Waals surface area contributed by atoms with Gasteiger partial charge in [-0.25, -0.2) is 9.97 Å². The maximum Gasteiger partial charge on any atom is 0.145 e. The summed E-state index contributed by atoms with van der Waals surface area (Å²) in [7, 11) is 2.05. The average Bonchev–Trinajstić information content (AvgIpc) is 3.63. The Kier molecular flexibility index (Phi) is 5.66. The van der Waals surface area contributed by atoms with Crippen molar-refractivity contribution in [2.24, 2.45) is 7.05 Å². The number of aryl methyl sites for hydroxylation is 1. The molecule has 0 saturated carbocycles. The molecule has 0 atom stereocenters. The normalized spacial score (nSPS) is 13.7. The lowest BCUT2D eigenvalue weighted by Crippen LogP contribution is -2.31. The summed E-state index contributed by atoms with van der Waals surface area (Å²) < 4.78 is 15.8. The first-order valence-electron chi connectivity index (χ1n) is 15.5. The predicted molar refractivity (Wildman–Crippen MR) is 185 cm³/mol. The molecule has 3 aromatic heterocycles. The Balaban J connectivity index is 1.29. The Morgan fingerprint density at radius 2 is 1.57 bits per heavy atom. The van der Waals surface area contributed by atoms with Crippen LogP contribution in [0.4, 0.5) is 17.2 Å². The van der Waals surface area contributed by atoms with Gasteiger partial charge in [0.05, 0.1) is 27.8 Å². The molecule has 9 rings (SSSR count).